The molecule has 0 saturated carbocycles. The number of nitrogens with two attached hydrogens (primary N) is 1. The molecule has 1 heterocycles. The van der Waals surface area contributed by atoms with Gasteiger partial charge in [-0.3, -0.25) is 5.84 Å². The number of thiophene rings is 1. The van der Waals surface area contributed by atoms with E-state index in [4.69, 9.17) is 40.6 Å². The van der Waals surface area contributed by atoms with Crippen LogP contribution in [-0.4, -0.2) is 0 Å². The van der Waals surface area contributed by atoms with Gasteiger partial charge in [-0.05, 0) is 29.8 Å². The molecule has 0 aliphatic rings. The average molecular weight is 308 g/mol. The highest BCUT2D eigenvalue weighted by molar-refractivity contribution is 7.16. The van der Waals surface area contributed by atoms with Crippen molar-refractivity contribution in [3.8, 4) is 0 Å². The molecule has 17 heavy (non-hydrogen) atoms. The molecule has 2 nitrogen and oxygen atoms in total. The Kier molecular flexibility index (Phi) is 4.31. The first-order valence-corrected chi connectivity index (χ1v) is 6.73. The van der Waals surface area contributed by atoms with Crippen LogP contribution in [0.15, 0.2) is 30.3 Å². The van der Waals surface area contributed by atoms with E-state index in [1.54, 1.807) is 12.1 Å². The van der Waals surface area contributed by atoms with Crippen LogP contribution in [0.4, 0.5) is 0 Å². The average Bonchev–Trinajstić information content (AvgIpc) is 2.71. The van der Waals surface area contributed by atoms with Gasteiger partial charge in [-0.1, -0.05) is 40.9 Å². The third-order valence-corrected chi connectivity index (χ3v) is 4.36. The monoisotopic (exact) mass is 306 g/mol. The maximum Gasteiger partial charge on any atom is 0.0931 e. The maximum atomic E-state index is 5.98. The zero-order chi connectivity index (χ0) is 12.4. The fraction of sp³-hybridized carbons (Fsp3) is 0.0909. The molecular weight excluding hydrogens is 299 g/mol. The Hall–Kier alpha value is -0.290. The fourth-order valence-electron chi connectivity index (χ4n) is 1.52. The van der Waals surface area contributed by atoms with Gasteiger partial charge in [-0.15, -0.1) is 11.3 Å². The van der Waals surface area contributed by atoms with E-state index in [2.05, 4.69) is 5.43 Å². The normalized spacial score (nSPS) is 12.7. The maximum absolute atomic E-state index is 5.98. The number of halogens is 3. The van der Waals surface area contributed by atoms with Crippen LogP contribution in [0.5, 0.6) is 0 Å². The Bertz CT molecular complexity index is 527. The molecule has 0 fully saturated rings. The van der Waals surface area contributed by atoms with Crippen molar-refractivity contribution in [1.29, 1.82) is 0 Å². The van der Waals surface area contributed by atoms with Gasteiger partial charge in [0.1, 0.15) is 0 Å². The minimum Gasteiger partial charge on any atom is -0.271 e. The summed E-state index contributed by atoms with van der Waals surface area (Å²) < 4.78 is 0.723. The number of hydrazine groups is 1. The second kappa shape index (κ2) is 5.57. The first-order chi connectivity index (χ1) is 8.11. The van der Waals surface area contributed by atoms with Crippen LogP contribution < -0.4 is 11.3 Å². The first kappa shape index (κ1) is 13.1. The van der Waals surface area contributed by atoms with E-state index in [1.165, 1.54) is 11.3 Å². The summed E-state index contributed by atoms with van der Waals surface area (Å²) in [5.74, 6) is 5.57. The van der Waals surface area contributed by atoms with Crippen molar-refractivity contribution in [3.05, 3.63) is 55.2 Å². The Labute approximate surface area is 118 Å². The van der Waals surface area contributed by atoms with Crippen molar-refractivity contribution in [2.75, 3.05) is 0 Å². The zero-order valence-electron chi connectivity index (χ0n) is 8.58. The van der Waals surface area contributed by atoms with Crippen molar-refractivity contribution in [2.24, 2.45) is 5.84 Å². The molecule has 0 amide bonds. The molecule has 0 saturated heterocycles. The number of hydrogen-bond donors (Lipinski definition) is 2. The molecule has 0 aliphatic heterocycles. The van der Waals surface area contributed by atoms with Crippen molar-refractivity contribution < 1.29 is 0 Å². The van der Waals surface area contributed by atoms with E-state index in [9.17, 15) is 0 Å². The SMILES string of the molecule is NNC(c1ccc(Cl)c(Cl)c1)c1ccc(Cl)s1. The third-order valence-electron chi connectivity index (χ3n) is 2.32. The van der Waals surface area contributed by atoms with Crippen LogP contribution in [0.25, 0.3) is 0 Å². The summed E-state index contributed by atoms with van der Waals surface area (Å²) in [7, 11) is 0. The van der Waals surface area contributed by atoms with Crippen molar-refractivity contribution in [3.63, 3.8) is 0 Å². The van der Waals surface area contributed by atoms with Crippen LogP contribution in [-0.2, 0) is 0 Å². The van der Waals surface area contributed by atoms with E-state index in [-0.39, 0.29) is 6.04 Å². The first-order valence-electron chi connectivity index (χ1n) is 4.78. The van der Waals surface area contributed by atoms with Crippen LogP contribution in [0.1, 0.15) is 16.5 Å². The molecule has 90 valence electrons. The number of nitrogens with one attached hydrogen (secondary N) is 1. The van der Waals surface area contributed by atoms with Crippen molar-refractivity contribution >= 4 is 46.1 Å². The van der Waals surface area contributed by atoms with Gasteiger partial charge >= 0.3 is 0 Å². The Morgan fingerprint density at radius 2 is 1.82 bits per heavy atom. The van der Waals surface area contributed by atoms with Crippen LogP contribution in [0.3, 0.4) is 0 Å². The minimum absolute atomic E-state index is 0.137. The second-order valence-corrected chi connectivity index (χ2v) is 5.98. The van der Waals surface area contributed by atoms with Crippen LogP contribution in [0, 0.1) is 0 Å². The summed E-state index contributed by atoms with van der Waals surface area (Å²) in [4.78, 5) is 1.02. The Morgan fingerprint density at radius 3 is 2.35 bits per heavy atom. The molecule has 2 aromatic rings. The number of benzene rings is 1. The van der Waals surface area contributed by atoms with Gasteiger partial charge in [0, 0.05) is 4.88 Å². The van der Waals surface area contributed by atoms with Crippen molar-refractivity contribution in [1.82, 2.24) is 5.43 Å². The lowest BCUT2D eigenvalue weighted by Crippen LogP contribution is -2.28. The molecule has 0 bridgehead atoms. The quantitative estimate of drug-likeness (QED) is 0.657. The molecule has 1 atom stereocenters. The molecule has 0 aliphatic carbocycles. The summed E-state index contributed by atoms with van der Waals surface area (Å²) >= 11 is 19.2. The largest absolute Gasteiger partial charge is 0.271 e. The second-order valence-electron chi connectivity index (χ2n) is 3.42. The molecule has 2 rings (SSSR count). The van der Waals surface area contributed by atoms with Gasteiger partial charge in [0.2, 0.25) is 0 Å². The van der Waals surface area contributed by atoms with E-state index >= 15 is 0 Å². The molecule has 3 N–H and O–H groups in total. The van der Waals surface area contributed by atoms with Crippen molar-refractivity contribution in [2.45, 2.75) is 6.04 Å². The summed E-state index contributed by atoms with van der Waals surface area (Å²) in [6.45, 7) is 0. The molecular formula is C11H9Cl3N2S. The molecule has 1 aromatic heterocycles. The number of hydrogen-bond acceptors (Lipinski definition) is 3. The van der Waals surface area contributed by atoms with E-state index in [0.717, 1.165) is 14.8 Å². The third kappa shape index (κ3) is 2.94. The Morgan fingerprint density at radius 1 is 1.06 bits per heavy atom. The van der Waals surface area contributed by atoms with Crippen LogP contribution >= 0.6 is 46.1 Å². The number of rotatable bonds is 3. The standard InChI is InChI=1S/C11H9Cl3N2S/c12-7-2-1-6(5-8(7)13)11(16-15)9-3-4-10(14)17-9/h1-5,11,16H,15H2. The van der Waals surface area contributed by atoms with Crippen LogP contribution in [0.2, 0.25) is 14.4 Å². The highest BCUT2D eigenvalue weighted by Gasteiger charge is 2.15. The van der Waals surface area contributed by atoms with E-state index in [1.807, 2.05) is 18.2 Å². The topological polar surface area (TPSA) is 38.0 Å². The lowest BCUT2D eigenvalue weighted by molar-refractivity contribution is 0.646. The predicted octanol–water partition coefficient (Wildman–Crippen LogP) is 4.26. The van der Waals surface area contributed by atoms with Gasteiger partial charge in [-0.25, -0.2) is 5.43 Å². The van der Waals surface area contributed by atoms with Gasteiger partial charge in [0.05, 0.1) is 20.4 Å². The highest BCUT2D eigenvalue weighted by atomic mass is 35.5. The van der Waals surface area contributed by atoms with Gasteiger partial charge in [-0.2, -0.15) is 0 Å². The molecule has 0 radical (unpaired) electrons. The smallest absolute Gasteiger partial charge is 0.0931 e. The summed E-state index contributed by atoms with van der Waals surface area (Å²) in [6.07, 6.45) is 0. The molecule has 1 aromatic carbocycles. The van der Waals surface area contributed by atoms with Gasteiger partial charge in [0.25, 0.3) is 0 Å². The van der Waals surface area contributed by atoms with E-state index < -0.39 is 0 Å². The van der Waals surface area contributed by atoms with Gasteiger partial charge < -0.3 is 0 Å². The summed E-state index contributed by atoms with van der Waals surface area (Å²) in [5, 5.41) is 1.03. The zero-order valence-corrected chi connectivity index (χ0v) is 11.7. The lowest BCUT2D eigenvalue weighted by Gasteiger charge is -2.15. The highest BCUT2D eigenvalue weighted by Crippen LogP contribution is 2.33. The molecule has 1 unspecified atom stereocenters. The lowest BCUT2D eigenvalue weighted by atomic mass is 10.1. The van der Waals surface area contributed by atoms with E-state index in [0.29, 0.717) is 10.0 Å². The summed E-state index contributed by atoms with van der Waals surface area (Å²) in [5.41, 5.74) is 3.69. The fourth-order valence-corrected chi connectivity index (χ4v) is 2.97. The Balaban J connectivity index is 2.38. The predicted molar refractivity (Wildman–Crippen MR) is 75.0 cm³/mol. The summed E-state index contributed by atoms with van der Waals surface area (Å²) in [6, 6.07) is 9.05. The minimum atomic E-state index is -0.137. The van der Waals surface area contributed by atoms with Gasteiger partial charge in [0.15, 0.2) is 0 Å². The molecule has 6 heteroatoms. The molecule has 0 spiro atoms.